The number of benzene rings is 2. The molecule has 0 aromatic heterocycles. The van der Waals surface area contributed by atoms with Gasteiger partial charge in [0.05, 0.1) is 55.8 Å². The molecule has 212 valence electrons. The number of alkyl halides is 4. The zero-order chi connectivity index (χ0) is 28.4. The quantitative estimate of drug-likeness (QED) is 0.305. The second kappa shape index (κ2) is 9.35. The first kappa shape index (κ1) is 26.9. The van der Waals surface area contributed by atoms with Crippen LogP contribution < -0.4 is 4.90 Å². The molecule has 12 heteroatoms. The molecule has 4 heterocycles. The van der Waals surface area contributed by atoms with Gasteiger partial charge in [-0.15, -0.1) is 0 Å². The summed E-state index contributed by atoms with van der Waals surface area (Å²) in [6.45, 7) is 1.92. The van der Waals surface area contributed by atoms with Crippen molar-refractivity contribution in [2.45, 2.75) is 42.8 Å². The van der Waals surface area contributed by atoms with Crippen LogP contribution >= 0.6 is 0 Å². The van der Waals surface area contributed by atoms with Crippen LogP contribution in [0.5, 0.6) is 0 Å². The summed E-state index contributed by atoms with van der Waals surface area (Å²) in [4.78, 5) is 18.0. The molecule has 4 aliphatic heterocycles. The fraction of sp³-hybridized carbons (Fsp3) is 0.464. The molecule has 8 nitrogen and oxygen atoms in total. The first-order valence-electron chi connectivity index (χ1n) is 13.0. The number of amides is 1. The molecule has 2 N–H and O–H groups in total. The van der Waals surface area contributed by atoms with E-state index in [2.05, 4.69) is 4.90 Å². The van der Waals surface area contributed by atoms with E-state index in [4.69, 9.17) is 20.3 Å². The number of nitrogens with one attached hydrogen (secondary N) is 2. The molecule has 0 saturated carbocycles. The van der Waals surface area contributed by atoms with Crippen molar-refractivity contribution in [1.82, 2.24) is 9.80 Å². The van der Waals surface area contributed by atoms with Gasteiger partial charge in [-0.3, -0.25) is 20.5 Å². The van der Waals surface area contributed by atoms with Crippen molar-refractivity contribution in [3.8, 4) is 0 Å². The molecule has 4 aliphatic rings. The van der Waals surface area contributed by atoms with Gasteiger partial charge in [-0.2, -0.15) is 13.2 Å². The van der Waals surface area contributed by atoms with Gasteiger partial charge in [0.2, 0.25) is 0 Å². The summed E-state index contributed by atoms with van der Waals surface area (Å²) < 4.78 is 68.9. The second-order valence-electron chi connectivity index (χ2n) is 11.1. The lowest BCUT2D eigenvalue weighted by molar-refractivity contribution is -0.195. The second-order valence-corrected chi connectivity index (χ2v) is 11.1. The number of ether oxygens (including phenoxy) is 2. The summed E-state index contributed by atoms with van der Waals surface area (Å²) in [5.74, 6) is -0.954. The lowest BCUT2D eigenvalue weighted by Crippen LogP contribution is -2.70. The van der Waals surface area contributed by atoms with Crippen molar-refractivity contribution in [2.24, 2.45) is 0 Å². The van der Waals surface area contributed by atoms with Crippen LogP contribution in [0.25, 0.3) is 0 Å². The summed E-state index contributed by atoms with van der Waals surface area (Å²) in [7, 11) is 1.40. The molecule has 0 aliphatic carbocycles. The lowest BCUT2D eigenvalue weighted by Gasteiger charge is -2.57. The Morgan fingerprint density at radius 2 is 1.90 bits per heavy atom. The van der Waals surface area contributed by atoms with Crippen molar-refractivity contribution < 1.29 is 31.8 Å². The maximum Gasteiger partial charge on any atom is 0.416 e. The van der Waals surface area contributed by atoms with Gasteiger partial charge in [0, 0.05) is 31.4 Å². The number of hydrogen-bond donors (Lipinski definition) is 2. The Hall–Kier alpha value is -3.35. The predicted octanol–water partition coefficient (Wildman–Crippen LogP) is 3.96. The van der Waals surface area contributed by atoms with Crippen LogP contribution in [0.2, 0.25) is 0 Å². The SMILES string of the molecule is CN(C=N)C(=N)C(F)C1(c2cccc(N3Cc4c(cc(CN5CCC56COC6)cc4C(F)(F)F)C3=O)c2)COC1. The number of carbonyl (C=O) groups excluding carboxylic acids is 1. The molecule has 3 fully saturated rings. The molecule has 1 atom stereocenters. The minimum absolute atomic E-state index is 0.00930. The standard InChI is InChI=1S/C28H29F4N5O3/c1-35(16-33)24(34)23(29)27(14-40-15-27)18-3-2-4-19(9-18)37-11-21-20(25(37)38)7-17(8-22(21)28(30,31)32)10-36-6-5-26(36)12-39-13-26/h2-4,7-9,16,23,33-34H,5-6,10-15H2,1H3. The number of rotatable bonds is 7. The molecule has 0 radical (unpaired) electrons. The van der Waals surface area contributed by atoms with Gasteiger partial charge in [0.25, 0.3) is 5.91 Å². The average molecular weight is 560 g/mol. The number of nitrogens with zero attached hydrogens (tertiary/aromatic N) is 3. The Kier molecular flexibility index (Phi) is 6.28. The van der Waals surface area contributed by atoms with Crippen molar-refractivity contribution in [3.05, 3.63) is 64.2 Å². The Labute approximate surface area is 228 Å². The third kappa shape index (κ3) is 4.03. The van der Waals surface area contributed by atoms with Gasteiger partial charge in [-0.1, -0.05) is 12.1 Å². The molecule has 2 aromatic rings. The molecule has 3 saturated heterocycles. The first-order valence-corrected chi connectivity index (χ1v) is 13.0. The van der Waals surface area contributed by atoms with E-state index < -0.39 is 35.1 Å². The fourth-order valence-corrected chi connectivity index (χ4v) is 6.01. The van der Waals surface area contributed by atoms with Crippen LogP contribution in [0.4, 0.5) is 23.2 Å². The third-order valence-electron chi connectivity index (χ3n) is 8.79. The zero-order valence-electron chi connectivity index (χ0n) is 21.9. The highest BCUT2D eigenvalue weighted by Crippen LogP contribution is 2.44. The lowest BCUT2D eigenvalue weighted by atomic mass is 9.73. The number of fused-ring (bicyclic) bond motifs is 1. The Morgan fingerprint density at radius 1 is 1.18 bits per heavy atom. The van der Waals surface area contributed by atoms with Crippen LogP contribution in [0.1, 0.15) is 39.0 Å². The minimum Gasteiger partial charge on any atom is -0.379 e. The van der Waals surface area contributed by atoms with Crippen LogP contribution in [-0.2, 0) is 34.2 Å². The van der Waals surface area contributed by atoms with E-state index in [-0.39, 0.29) is 36.4 Å². The molecule has 40 heavy (non-hydrogen) atoms. The minimum atomic E-state index is -4.64. The van der Waals surface area contributed by atoms with Crippen molar-refractivity contribution >= 4 is 23.8 Å². The van der Waals surface area contributed by atoms with Crippen LogP contribution in [0.15, 0.2) is 36.4 Å². The molecule has 1 amide bonds. The van der Waals surface area contributed by atoms with E-state index in [1.807, 2.05) is 0 Å². The summed E-state index contributed by atoms with van der Waals surface area (Å²) in [5.41, 5.74) is -0.936. The van der Waals surface area contributed by atoms with Gasteiger partial charge in [-0.25, -0.2) is 4.39 Å². The number of halogens is 4. The van der Waals surface area contributed by atoms with Crippen molar-refractivity contribution in [1.29, 1.82) is 10.8 Å². The summed E-state index contributed by atoms with van der Waals surface area (Å²) >= 11 is 0. The van der Waals surface area contributed by atoms with Crippen molar-refractivity contribution in [2.75, 3.05) is 44.9 Å². The fourth-order valence-electron chi connectivity index (χ4n) is 6.01. The van der Waals surface area contributed by atoms with E-state index in [1.54, 1.807) is 30.3 Å². The van der Waals surface area contributed by atoms with Gasteiger partial charge in [-0.05, 0) is 47.4 Å². The summed E-state index contributed by atoms with van der Waals surface area (Å²) in [6.07, 6.45) is -4.65. The summed E-state index contributed by atoms with van der Waals surface area (Å²) in [5, 5.41) is 15.5. The molecule has 1 unspecified atom stereocenters. The highest BCUT2D eigenvalue weighted by molar-refractivity contribution is 6.10. The van der Waals surface area contributed by atoms with Gasteiger partial charge in [0.1, 0.15) is 5.84 Å². The number of hydrogen-bond acceptors (Lipinski definition) is 6. The van der Waals surface area contributed by atoms with E-state index in [1.165, 1.54) is 11.9 Å². The first-order chi connectivity index (χ1) is 19.0. The number of carbonyl (C=O) groups is 1. The molecular formula is C28H29F4N5O3. The third-order valence-corrected chi connectivity index (χ3v) is 8.79. The van der Waals surface area contributed by atoms with E-state index >= 15 is 4.39 Å². The Morgan fingerprint density at radius 3 is 2.45 bits per heavy atom. The van der Waals surface area contributed by atoms with E-state index in [0.717, 1.165) is 30.3 Å². The van der Waals surface area contributed by atoms with Gasteiger partial charge >= 0.3 is 6.18 Å². The van der Waals surface area contributed by atoms with Crippen LogP contribution in [0, 0.1) is 10.8 Å². The summed E-state index contributed by atoms with van der Waals surface area (Å²) in [6, 6.07) is 9.20. The highest BCUT2D eigenvalue weighted by atomic mass is 19.4. The predicted molar refractivity (Wildman–Crippen MR) is 139 cm³/mol. The molecule has 6 rings (SSSR count). The van der Waals surface area contributed by atoms with E-state index in [0.29, 0.717) is 36.6 Å². The average Bonchev–Trinajstić information content (AvgIpc) is 3.19. The highest BCUT2D eigenvalue weighted by Gasteiger charge is 2.52. The number of anilines is 1. The topological polar surface area (TPSA) is 93.0 Å². The van der Waals surface area contributed by atoms with E-state index in [9.17, 15) is 18.0 Å². The number of amidine groups is 1. The largest absolute Gasteiger partial charge is 0.416 e. The maximum absolute atomic E-state index is 15.6. The Balaban J connectivity index is 1.31. The molecule has 1 spiro atoms. The normalized spacial score (nSPS) is 21.7. The smallest absolute Gasteiger partial charge is 0.379 e. The molecule has 2 aromatic carbocycles. The van der Waals surface area contributed by atoms with Crippen molar-refractivity contribution in [3.63, 3.8) is 0 Å². The number of likely N-dealkylation sites (tertiary alicyclic amines) is 1. The Bertz CT molecular complexity index is 1380. The molecular weight excluding hydrogens is 530 g/mol. The van der Waals surface area contributed by atoms with Gasteiger partial charge in [0.15, 0.2) is 6.17 Å². The van der Waals surface area contributed by atoms with Gasteiger partial charge < -0.3 is 19.3 Å². The van der Waals surface area contributed by atoms with Crippen LogP contribution in [-0.4, -0.2) is 79.6 Å². The monoisotopic (exact) mass is 559 g/mol. The van der Waals surface area contributed by atoms with Crippen LogP contribution in [0.3, 0.4) is 0 Å². The zero-order valence-corrected chi connectivity index (χ0v) is 21.9. The maximum atomic E-state index is 15.6. The molecule has 0 bridgehead atoms.